The lowest BCUT2D eigenvalue weighted by atomic mass is 10.1. The van der Waals surface area contributed by atoms with E-state index in [-0.39, 0.29) is 12.4 Å². The van der Waals surface area contributed by atoms with Gasteiger partial charge >= 0.3 is 0 Å². The topological polar surface area (TPSA) is 90.3 Å². The number of anilines is 1. The number of sulfonamides is 1. The highest BCUT2D eigenvalue weighted by molar-refractivity contribution is 7.99. The average molecular weight is 339 g/mol. The molecular formula is C13H13N3O4S2. The highest BCUT2D eigenvalue weighted by Gasteiger charge is 2.25. The Hall–Kier alpha value is -2.00. The number of fused-ring (bicyclic) bond motifs is 1. The molecule has 0 aliphatic carbocycles. The Morgan fingerprint density at radius 1 is 1.41 bits per heavy atom. The summed E-state index contributed by atoms with van der Waals surface area (Å²) in [6, 6.07) is 3.17. The summed E-state index contributed by atoms with van der Waals surface area (Å²) in [6.07, 6.45) is 4.50. The Balaban J connectivity index is 2.07. The van der Waals surface area contributed by atoms with Gasteiger partial charge in [0, 0.05) is 30.4 Å². The fourth-order valence-corrected chi connectivity index (χ4v) is 3.58. The maximum atomic E-state index is 11.8. The van der Waals surface area contributed by atoms with Crippen molar-refractivity contribution < 1.29 is 17.9 Å². The van der Waals surface area contributed by atoms with E-state index in [2.05, 4.69) is 9.71 Å². The molecule has 1 aromatic heterocycles. The van der Waals surface area contributed by atoms with Crippen LogP contribution in [0.3, 0.4) is 0 Å². The van der Waals surface area contributed by atoms with E-state index >= 15 is 0 Å². The molecule has 0 bridgehead atoms. The summed E-state index contributed by atoms with van der Waals surface area (Å²) >= 11 is 1.27. The van der Waals surface area contributed by atoms with Crippen LogP contribution < -0.4 is 9.46 Å². The minimum atomic E-state index is -3.45. The van der Waals surface area contributed by atoms with Crippen LogP contribution in [0.2, 0.25) is 0 Å². The molecule has 0 saturated carbocycles. The molecule has 116 valence electrons. The molecule has 0 fully saturated rings. The van der Waals surface area contributed by atoms with Crippen LogP contribution in [0.1, 0.15) is 10.4 Å². The van der Waals surface area contributed by atoms with Gasteiger partial charge in [0.15, 0.2) is 11.8 Å². The summed E-state index contributed by atoms with van der Waals surface area (Å²) in [5, 5.41) is 0.683. The minimum Gasteiger partial charge on any atom is -0.485 e. The lowest BCUT2D eigenvalue weighted by Gasteiger charge is -2.12. The molecule has 1 aromatic carbocycles. The zero-order valence-corrected chi connectivity index (χ0v) is 13.5. The minimum absolute atomic E-state index is 0.0236. The molecule has 2 aromatic rings. The summed E-state index contributed by atoms with van der Waals surface area (Å²) in [4.78, 5) is 16.6. The number of aryl methyl sites for hydroxylation is 1. The van der Waals surface area contributed by atoms with E-state index in [0.717, 1.165) is 6.26 Å². The maximum absolute atomic E-state index is 11.8. The van der Waals surface area contributed by atoms with Crippen molar-refractivity contribution >= 4 is 33.3 Å². The molecule has 0 saturated heterocycles. The average Bonchev–Trinajstić information content (AvgIpc) is 2.96. The van der Waals surface area contributed by atoms with Crippen LogP contribution in [0.4, 0.5) is 5.69 Å². The van der Waals surface area contributed by atoms with Gasteiger partial charge in [-0.3, -0.25) is 9.52 Å². The number of ether oxygens (including phenoxy) is 1. The molecule has 1 N–H and O–H groups in total. The SMILES string of the molecule is Cn1ccnc1Sc1cc2c(cc1NS(C)(=O)=O)OCC2=O. The highest BCUT2D eigenvalue weighted by atomic mass is 32.2. The normalized spacial score (nSPS) is 13.8. The van der Waals surface area contributed by atoms with E-state index in [9.17, 15) is 13.2 Å². The third kappa shape index (κ3) is 2.95. The first-order chi connectivity index (χ1) is 10.3. The van der Waals surface area contributed by atoms with Crippen molar-refractivity contribution in [3.8, 4) is 5.75 Å². The fourth-order valence-electron chi connectivity index (χ4n) is 2.03. The molecule has 7 nitrogen and oxygen atoms in total. The molecule has 2 heterocycles. The van der Waals surface area contributed by atoms with Crippen LogP contribution in [0.25, 0.3) is 0 Å². The van der Waals surface area contributed by atoms with Gasteiger partial charge in [0.1, 0.15) is 5.75 Å². The van der Waals surface area contributed by atoms with Gasteiger partial charge in [-0.05, 0) is 17.8 Å². The fraction of sp³-hybridized carbons (Fsp3) is 0.231. The van der Waals surface area contributed by atoms with Crippen molar-refractivity contribution in [3.05, 3.63) is 30.1 Å². The van der Waals surface area contributed by atoms with Crippen molar-refractivity contribution in [2.24, 2.45) is 7.05 Å². The number of hydrogen-bond acceptors (Lipinski definition) is 6. The number of aromatic nitrogens is 2. The Morgan fingerprint density at radius 2 is 2.18 bits per heavy atom. The maximum Gasteiger partial charge on any atom is 0.229 e. The predicted octanol–water partition coefficient (Wildman–Crippen LogP) is 1.52. The van der Waals surface area contributed by atoms with Crippen LogP contribution in [0, 0.1) is 0 Å². The van der Waals surface area contributed by atoms with E-state index in [4.69, 9.17) is 4.74 Å². The van der Waals surface area contributed by atoms with E-state index in [1.807, 2.05) is 7.05 Å². The second-order valence-electron chi connectivity index (χ2n) is 4.85. The number of benzene rings is 1. The smallest absolute Gasteiger partial charge is 0.229 e. The third-order valence-corrected chi connectivity index (χ3v) is 4.74. The van der Waals surface area contributed by atoms with Crippen LogP contribution in [0.5, 0.6) is 5.75 Å². The van der Waals surface area contributed by atoms with Gasteiger partial charge in [-0.2, -0.15) is 0 Å². The van der Waals surface area contributed by atoms with E-state index in [0.29, 0.717) is 27.1 Å². The molecule has 9 heteroatoms. The molecule has 0 amide bonds. The highest BCUT2D eigenvalue weighted by Crippen LogP contribution is 2.39. The van der Waals surface area contributed by atoms with Gasteiger partial charge in [-0.15, -0.1) is 0 Å². The molecule has 22 heavy (non-hydrogen) atoms. The lowest BCUT2D eigenvalue weighted by Crippen LogP contribution is -2.10. The standard InChI is InChI=1S/C13H13N3O4S2/c1-16-4-3-14-13(16)21-12-5-8-10(17)7-20-11(8)6-9(12)15-22(2,18)19/h3-6,15H,7H2,1-2H3. The van der Waals surface area contributed by atoms with Crippen LogP contribution >= 0.6 is 11.8 Å². The van der Waals surface area contributed by atoms with Crippen LogP contribution in [0.15, 0.2) is 34.6 Å². The number of rotatable bonds is 4. The molecule has 1 aliphatic rings. The number of imidazole rings is 1. The van der Waals surface area contributed by atoms with E-state index in [1.54, 1.807) is 23.0 Å². The van der Waals surface area contributed by atoms with Crippen molar-refractivity contribution in [2.75, 3.05) is 17.6 Å². The summed E-state index contributed by atoms with van der Waals surface area (Å²) in [6.45, 7) is -0.0236. The molecule has 0 radical (unpaired) electrons. The first-order valence-electron chi connectivity index (χ1n) is 6.30. The zero-order chi connectivity index (χ0) is 15.9. The summed E-state index contributed by atoms with van der Waals surface area (Å²) in [5.41, 5.74) is 0.819. The Morgan fingerprint density at radius 3 is 2.82 bits per heavy atom. The summed E-state index contributed by atoms with van der Waals surface area (Å²) < 4.78 is 32.6. The van der Waals surface area contributed by atoms with Gasteiger partial charge in [0.05, 0.1) is 17.5 Å². The quantitative estimate of drug-likeness (QED) is 0.908. The molecule has 1 aliphatic heterocycles. The molecule has 3 rings (SSSR count). The van der Waals surface area contributed by atoms with Gasteiger partial charge in [-0.25, -0.2) is 13.4 Å². The molecule has 0 unspecified atom stereocenters. The van der Waals surface area contributed by atoms with Gasteiger partial charge in [0.25, 0.3) is 0 Å². The van der Waals surface area contributed by atoms with Gasteiger partial charge in [0.2, 0.25) is 15.8 Å². The number of ketones is 1. The zero-order valence-electron chi connectivity index (χ0n) is 11.9. The largest absolute Gasteiger partial charge is 0.485 e. The van der Waals surface area contributed by atoms with Crippen LogP contribution in [-0.4, -0.2) is 36.6 Å². The van der Waals surface area contributed by atoms with Crippen molar-refractivity contribution in [2.45, 2.75) is 10.1 Å². The van der Waals surface area contributed by atoms with Crippen molar-refractivity contribution in [1.82, 2.24) is 9.55 Å². The first-order valence-corrected chi connectivity index (χ1v) is 9.01. The molecular weight excluding hydrogens is 326 g/mol. The summed E-state index contributed by atoms with van der Waals surface area (Å²) in [5.74, 6) is 0.267. The molecule has 0 atom stereocenters. The monoisotopic (exact) mass is 339 g/mol. The number of hydrogen-bond donors (Lipinski definition) is 1. The second-order valence-corrected chi connectivity index (χ2v) is 7.61. The second kappa shape index (κ2) is 5.33. The van der Waals surface area contributed by atoms with Crippen LogP contribution in [-0.2, 0) is 17.1 Å². The first kappa shape index (κ1) is 14.9. The van der Waals surface area contributed by atoms with Gasteiger partial charge in [-0.1, -0.05) is 0 Å². The van der Waals surface area contributed by atoms with Gasteiger partial charge < -0.3 is 9.30 Å². The van der Waals surface area contributed by atoms with Crippen molar-refractivity contribution in [1.29, 1.82) is 0 Å². The predicted molar refractivity (Wildman–Crippen MR) is 82.1 cm³/mol. The van der Waals surface area contributed by atoms with Crippen molar-refractivity contribution in [3.63, 3.8) is 0 Å². The molecule has 0 spiro atoms. The lowest BCUT2D eigenvalue weighted by molar-refractivity contribution is 0.0961. The number of nitrogens with zero attached hydrogens (tertiary/aromatic N) is 2. The van der Waals surface area contributed by atoms with E-state index in [1.165, 1.54) is 17.8 Å². The summed E-state index contributed by atoms with van der Waals surface area (Å²) in [7, 11) is -1.62. The Bertz CT molecular complexity index is 858. The number of carbonyl (C=O) groups excluding carboxylic acids is 1. The number of carbonyl (C=O) groups is 1. The number of Topliss-reactive ketones (excluding diaryl/α,β-unsaturated/α-hetero) is 1. The van der Waals surface area contributed by atoms with E-state index < -0.39 is 10.0 Å². The Labute approximate surface area is 131 Å². The number of nitrogens with one attached hydrogen (secondary N) is 1. The third-order valence-electron chi connectivity index (χ3n) is 3.01. The Kier molecular flexibility index (Phi) is 3.61.